The Bertz CT molecular complexity index is 366. The zero-order valence-corrected chi connectivity index (χ0v) is 10.6. The first-order valence-corrected chi connectivity index (χ1v) is 6.99. The molecule has 5 heteroatoms. The Morgan fingerprint density at radius 3 is 2.69 bits per heavy atom. The molecule has 0 N–H and O–H groups in total. The molecule has 0 saturated heterocycles. The maximum Gasteiger partial charge on any atom is 0.254 e. The zero-order valence-electron chi connectivity index (χ0n) is 8.96. The van der Waals surface area contributed by atoms with E-state index in [0.717, 1.165) is 22.6 Å². The Kier molecular flexibility index (Phi) is 6.03. The number of benzene rings is 1. The van der Waals surface area contributed by atoms with Crippen LogP contribution in [0.3, 0.4) is 0 Å². The van der Waals surface area contributed by atoms with E-state index in [1.54, 1.807) is 0 Å². The third-order valence-corrected chi connectivity index (χ3v) is 4.05. The molecule has 3 nitrogen and oxygen atoms in total. The first kappa shape index (κ1) is 13.1. The normalized spacial score (nSPS) is 11.4. The average molecular weight is 255 g/mol. The van der Waals surface area contributed by atoms with Gasteiger partial charge in [-0.3, -0.25) is 10.1 Å². The molecule has 0 saturated carbocycles. The Labute approximate surface area is 103 Å². The van der Waals surface area contributed by atoms with Crippen molar-refractivity contribution < 1.29 is 4.92 Å². The molecule has 1 rings (SSSR count). The second-order valence-electron chi connectivity index (χ2n) is 3.02. The van der Waals surface area contributed by atoms with Gasteiger partial charge in [-0.2, -0.15) is 0 Å². The van der Waals surface area contributed by atoms with Gasteiger partial charge < -0.3 is 0 Å². The number of rotatable bonds is 6. The molecule has 1 aromatic carbocycles. The van der Waals surface area contributed by atoms with Crippen molar-refractivity contribution in [3.05, 3.63) is 56.4 Å². The van der Waals surface area contributed by atoms with E-state index in [-0.39, 0.29) is 0 Å². The number of nitrogens with zero attached hydrogens (tertiary/aromatic N) is 1. The fourth-order valence-corrected chi connectivity index (χ4v) is 2.76. The molecule has 0 fully saturated rings. The smallest absolute Gasteiger partial charge is 0.254 e. The van der Waals surface area contributed by atoms with Gasteiger partial charge >= 0.3 is 0 Å². The minimum atomic E-state index is -0.401. The summed E-state index contributed by atoms with van der Waals surface area (Å²) in [6, 6.07) is 10.1. The van der Waals surface area contributed by atoms with Crippen LogP contribution in [0.5, 0.6) is 0 Å². The van der Waals surface area contributed by atoms with Crippen LogP contribution in [0.2, 0.25) is 0 Å². The van der Waals surface area contributed by atoms with Crippen LogP contribution in [0, 0.1) is 10.1 Å². The van der Waals surface area contributed by atoms with Gasteiger partial charge in [-0.15, -0.1) is 23.5 Å². The van der Waals surface area contributed by atoms with Gasteiger partial charge in [-0.05, 0) is 18.2 Å². The minimum absolute atomic E-state index is 0.401. The van der Waals surface area contributed by atoms with Crippen molar-refractivity contribution in [2.75, 3.05) is 12.0 Å². The van der Waals surface area contributed by atoms with Crippen LogP contribution in [0.1, 0.15) is 5.56 Å². The molecule has 0 aliphatic carbocycles. The highest BCUT2D eigenvalue weighted by molar-refractivity contribution is 8.21. The van der Waals surface area contributed by atoms with Crippen LogP contribution in [0.15, 0.2) is 40.8 Å². The number of hydrogen-bond acceptors (Lipinski definition) is 4. The number of thioether (sulfide) groups is 2. The van der Waals surface area contributed by atoms with E-state index in [2.05, 4.69) is 12.1 Å². The van der Waals surface area contributed by atoms with E-state index in [4.69, 9.17) is 0 Å². The van der Waals surface area contributed by atoms with Crippen molar-refractivity contribution in [1.29, 1.82) is 0 Å². The lowest BCUT2D eigenvalue weighted by atomic mass is 10.2. The lowest BCUT2D eigenvalue weighted by Crippen LogP contribution is -1.90. The molecule has 0 radical (unpaired) electrons. The Morgan fingerprint density at radius 1 is 1.44 bits per heavy atom. The minimum Gasteiger partial charge on any atom is -0.259 e. The highest BCUT2D eigenvalue weighted by Crippen LogP contribution is 2.26. The third kappa shape index (κ3) is 5.23. The predicted octanol–water partition coefficient (Wildman–Crippen LogP) is 3.40. The molecule has 0 unspecified atom stereocenters. The van der Waals surface area contributed by atoms with Gasteiger partial charge in [0.2, 0.25) is 0 Å². The Balaban J connectivity index is 2.37. The van der Waals surface area contributed by atoms with Gasteiger partial charge in [0, 0.05) is 5.75 Å². The monoisotopic (exact) mass is 255 g/mol. The molecule has 0 atom stereocenters. The maximum absolute atomic E-state index is 10.3. The van der Waals surface area contributed by atoms with Crippen LogP contribution >= 0.6 is 23.5 Å². The number of nitro groups is 1. The highest BCUT2D eigenvalue weighted by atomic mass is 32.2. The SMILES string of the molecule is CS/C(=C\[N+](=O)[O-])SCCc1ccccc1. The number of hydrogen-bond donors (Lipinski definition) is 0. The molecule has 0 aromatic heterocycles. The first-order chi connectivity index (χ1) is 7.72. The summed E-state index contributed by atoms with van der Waals surface area (Å²) in [7, 11) is 0. The van der Waals surface area contributed by atoms with Crippen LogP contribution in [0.4, 0.5) is 0 Å². The number of aryl methyl sites for hydroxylation is 1. The zero-order chi connectivity index (χ0) is 11.8. The van der Waals surface area contributed by atoms with E-state index in [1.165, 1.54) is 29.1 Å². The van der Waals surface area contributed by atoms with E-state index < -0.39 is 4.92 Å². The summed E-state index contributed by atoms with van der Waals surface area (Å²) < 4.78 is 0.751. The standard InChI is InChI=1S/C11H13NO2S2/c1-15-11(9-12(13)14)16-8-7-10-5-3-2-4-6-10/h2-6,9H,7-8H2,1H3/b11-9+. The molecule has 86 valence electrons. The van der Waals surface area contributed by atoms with Gasteiger partial charge in [0.25, 0.3) is 6.20 Å². The summed E-state index contributed by atoms with van der Waals surface area (Å²) in [6.07, 6.45) is 3.85. The molecule has 0 bridgehead atoms. The van der Waals surface area contributed by atoms with E-state index in [1.807, 2.05) is 24.5 Å². The van der Waals surface area contributed by atoms with Crippen molar-refractivity contribution in [3.63, 3.8) is 0 Å². The summed E-state index contributed by atoms with van der Waals surface area (Å²) >= 11 is 2.94. The van der Waals surface area contributed by atoms with Crippen LogP contribution in [-0.2, 0) is 6.42 Å². The topological polar surface area (TPSA) is 43.1 Å². The highest BCUT2D eigenvalue weighted by Gasteiger charge is 2.02. The summed E-state index contributed by atoms with van der Waals surface area (Å²) in [5, 5.41) is 10.3. The van der Waals surface area contributed by atoms with Crippen molar-refractivity contribution >= 4 is 23.5 Å². The van der Waals surface area contributed by atoms with Gasteiger partial charge in [0.15, 0.2) is 0 Å². The van der Waals surface area contributed by atoms with Crippen LogP contribution in [0.25, 0.3) is 0 Å². The molecule has 0 spiro atoms. The molecule has 0 aliphatic rings. The molecule has 0 heterocycles. The lowest BCUT2D eigenvalue weighted by molar-refractivity contribution is -0.402. The van der Waals surface area contributed by atoms with E-state index in [9.17, 15) is 10.1 Å². The van der Waals surface area contributed by atoms with Crippen molar-refractivity contribution in [1.82, 2.24) is 0 Å². The van der Waals surface area contributed by atoms with Gasteiger partial charge in [-0.25, -0.2) is 0 Å². The van der Waals surface area contributed by atoms with Gasteiger partial charge in [-0.1, -0.05) is 30.3 Å². The Hall–Kier alpha value is -0.940. The molecule has 0 amide bonds. The van der Waals surface area contributed by atoms with Gasteiger partial charge in [0.05, 0.1) is 4.92 Å². The first-order valence-electron chi connectivity index (χ1n) is 4.78. The largest absolute Gasteiger partial charge is 0.259 e. The summed E-state index contributed by atoms with van der Waals surface area (Å²) in [4.78, 5) is 9.90. The summed E-state index contributed by atoms with van der Waals surface area (Å²) in [5.41, 5.74) is 1.26. The van der Waals surface area contributed by atoms with E-state index >= 15 is 0 Å². The Morgan fingerprint density at radius 2 is 2.12 bits per heavy atom. The maximum atomic E-state index is 10.3. The summed E-state index contributed by atoms with van der Waals surface area (Å²) in [5.74, 6) is 0.866. The second kappa shape index (κ2) is 7.35. The average Bonchev–Trinajstić information content (AvgIpc) is 2.28. The third-order valence-electron chi connectivity index (χ3n) is 1.89. The molecule has 0 aliphatic heterocycles. The quantitative estimate of drug-likeness (QED) is 0.577. The molecule has 16 heavy (non-hydrogen) atoms. The van der Waals surface area contributed by atoms with E-state index in [0.29, 0.717) is 0 Å². The van der Waals surface area contributed by atoms with Gasteiger partial charge in [0.1, 0.15) is 4.24 Å². The predicted molar refractivity (Wildman–Crippen MR) is 71.2 cm³/mol. The fraction of sp³-hybridized carbons (Fsp3) is 0.273. The fourth-order valence-electron chi connectivity index (χ4n) is 1.15. The summed E-state index contributed by atoms with van der Waals surface area (Å²) in [6.45, 7) is 0. The van der Waals surface area contributed by atoms with Crippen molar-refractivity contribution in [2.45, 2.75) is 6.42 Å². The van der Waals surface area contributed by atoms with Crippen LogP contribution in [-0.4, -0.2) is 16.9 Å². The lowest BCUT2D eigenvalue weighted by Gasteiger charge is -2.01. The molecular weight excluding hydrogens is 242 g/mol. The second-order valence-corrected chi connectivity index (χ2v) is 5.26. The molecule has 1 aromatic rings. The van der Waals surface area contributed by atoms with Crippen molar-refractivity contribution in [3.8, 4) is 0 Å². The van der Waals surface area contributed by atoms with Crippen molar-refractivity contribution in [2.24, 2.45) is 0 Å². The molecular formula is C11H13NO2S2. The van der Waals surface area contributed by atoms with Crippen LogP contribution < -0.4 is 0 Å².